The van der Waals surface area contributed by atoms with Gasteiger partial charge in [0.15, 0.2) is 0 Å². The first kappa shape index (κ1) is 20.4. The van der Waals surface area contributed by atoms with Crippen LogP contribution in [-0.4, -0.2) is 42.1 Å². The van der Waals surface area contributed by atoms with E-state index in [0.29, 0.717) is 26.3 Å². The smallest absolute Gasteiger partial charge is 0.254 e. The number of pyridine rings is 1. The Morgan fingerprint density at radius 1 is 0.844 bits per heavy atom. The van der Waals surface area contributed by atoms with Gasteiger partial charge in [-0.25, -0.2) is 4.98 Å². The lowest BCUT2D eigenvalue weighted by molar-refractivity contribution is 0.0304. The molecule has 2 heterocycles. The van der Waals surface area contributed by atoms with Crippen molar-refractivity contribution >= 4 is 16.8 Å². The number of carbonyl (C=O) groups is 1. The molecular formula is C28H26N2O2. The molecule has 0 saturated carbocycles. The lowest BCUT2D eigenvalue weighted by atomic mass is 9.97. The van der Waals surface area contributed by atoms with Gasteiger partial charge in [-0.2, -0.15) is 0 Å². The molecule has 1 aromatic heterocycles. The molecule has 0 atom stereocenters. The van der Waals surface area contributed by atoms with Gasteiger partial charge < -0.3 is 9.64 Å². The SMILES string of the molecule is O=C(c1cc(-c2ccccc2)nc2c(CCc3ccccc3)cccc12)N1CCOCC1. The van der Waals surface area contributed by atoms with E-state index in [1.165, 1.54) is 11.1 Å². The van der Waals surface area contributed by atoms with E-state index < -0.39 is 0 Å². The molecule has 1 saturated heterocycles. The Labute approximate surface area is 188 Å². The van der Waals surface area contributed by atoms with Crippen LogP contribution in [0, 0.1) is 0 Å². The lowest BCUT2D eigenvalue weighted by Gasteiger charge is -2.27. The summed E-state index contributed by atoms with van der Waals surface area (Å²) in [5.74, 6) is 0.0538. The average Bonchev–Trinajstić information content (AvgIpc) is 2.88. The summed E-state index contributed by atoms with van der Waals surface area (Å²) in [6, 6.07) is 28.8. The molecule has 3 aromatic carbocycles. The van der Waals surface area contributed by atoms with E-state index >= 15 is 0 Å². The number of benzene rings is 3. The van der Waals surface area contributed by atoms with Crippen LogP contribution in [0.2, 0.25) is 0 Å². The number of nitrogens with zero attached hydrogens (tertiary/aromatic N) is 2. The molecule has 4 nitrogen and oxygen atoms in total. The maximum absolute atomic E-state index is 13.5. The quantitative estimate of drug-likeness (QED) is 0.446. The Morgan fingerprint density at radius 3 is 2.31 bits per heavy atom. The molecule has 4 aromatic rings. The average molecular weight is 423 g/mol. The number of hydrogen-bond donors (Lipinski definition) is 0. The second-order valence-electron chi connectivity index (χ2n) is 8.12. The zero-order chi connectivity index (χ0) is 21.8. The maximum Gasteiger partial charge on any atom is 0.254 e. The van der Waals surface area contributed by atoms with Crippen LogP contribution in [0.25, 0.3) is 22.2 Å². The summed E-state index contributed by atoms with van der Waals surface area (Å²) in [5, 5.41) is 0.923. The highest BCUT2D eigenvalue weighted by Crippen LogP contribution is 2.29. The number of fused-ring (bicyclic) bond motifs is 1. The standard InChI is InChI=1S/C28H26N2O2/c31-28(30-16-18-32-19-17-30)25-20-26(22-10-5-2-6-11-22)29-27-23(12-7-13-24(25)27)15-14-21-8-3-1-4-9-21/h1-13,20H,14-19H2. The van der Waals surface area contributed by atoms with Gasteiger partial charge in [0.25, 0.3) is 5.91 Å². The molecule has 0 unspecified atom stereocenters. The van der Waals surface area contributed by atoms with Gasteiger partial charge in [-0.3, -0.25) is 4.79 Å². The molecule has 0 radical (unpaired) electrons. The van der Waals surface area contributed by atoms with E-state index in [1.807, 2.05) is 59.5 Å². The molecule has 1 amide bonds. The number of aromatic nitrogens is 1. The predicted molar refractivity (Wildman–Crippen MR) is 128 cm³/mol. The number of rotatable bonds is 5. The number of ether oxygens (including phenoxy) is 1. The van der Waals surface area contributed by atoms with Gasteiger partial charge in [-0.05, 0) is 30.0 Å². The van der Waals surface area contributed by atoms with Crippen molar-refractivity contribution in [3.05, 3.63) is 102 Å². The predicted octanol–water partition coefficient (Wildman–Crippen LogP) is 5.16. The number of para-hydroxylation sites is 1. The highest BCUT2D eigenvalue weighted by Gasteiger charge is 2.22. The molecule has 32 heavy (non-hydrogen) atoms. The summed E-state index contributed by atoms with van der Waals surface area (Å²) >= 11 is 0. The van der Waals surface area contributed by atoms with E-state index in [4.69, 9.17) is 9.72 Å². The zero-order valence-corrected chi connectivity index (χ0v) is 18.0. The van der Waals surface area contributed by atoms with Crippen molar-refractivity contribution < 1.29 is 9.53 Å². The Bertz CT molecular complexity index is 1220. The van der Waals surface area contributed by atoms with Crippen molar-refractivity contribution in [2.24, 2.45) is 0 Å². The summed E-state index contributed by atoms with van der Waals surface area (Å²) in [5.41, 5.74) is 5.96. The van der Waals surface area contributed by atoms with E-state index in [0.717, 1.165) is 40.6 Å². The molecule has 0 spiro atoms. The fraction of sp³-hybridized carbons (Fsp3) is 0.214. The lowest BCUT2D eigenvalue weighted by Crippen LogP contribution is -2.40. The van der Waals surface area contributed by atoms with Gasteiger partial charge in [0, 0.05) is 24.0 Å². The van der Waals surface area contributed by atoms with Crippen molar-refractivity contribution in [3.63, 3.8) is 0 Å². The molecule has 1 aliphatic heterocycles. The topological polar surface area (TPSA) is 42.4 Å². The Kier molecular flexibility index (Phi) is 5.95. The van der Waals surface area contributed by atoms with Crippen LogP contribution in [0.1, 0.15) is 21.5 Å². The summed E-state index contributed by atoms with van der Waals surface area (Å²) < 4.78 is 5.45. The number of hydrogen-bond acceptors (Lipinski definition) is 3. The molecule has 160 valence electrons. The van der Waals surface area contributed by atoms with Gasteiger partial charge in [-0.1, -0.05) is 78.9 Å². The summed E-state index contributed by atoms with van der Waals surface area (Å²) in [7, 11) is 0. The zero-order valence-electron chi connectivity index (χ0n) is 18.0. The van der Waals surface area contributed by atoms with Gasteiger partial charge >= 0.3 is 0 Å². The molecule has 0 N–H and O–H groups in total. The number of aryl methyl sites for hydroxylation is 2. The first-order valence-corrected chi connectivity index (χ1v) is 11.2. The monoisotopic (exact) mass is 422 g/mol. The third-order valence-corrected chi connectivity index (χ3v) is 6.05. The van der Waals surface area contributed by atoms with Crippen LogP contribution in [-0.2, 0) is 17.6 Å². The van der Waals surface area contributed by atoms with Crippen LogP contribution in [0.5, 0.6) is 0 Å². The van der Waals surface area contributed by atoms with Gasteiger partial charge in [0.05, 0.1) is 30.0 Å². The second-order valence-corrected chi connectivity index (χ2v) is 8.12. The van der Waals surface area contributed by atoms with Crippen molar-refractivity contribution in [2.75, 3.05) is 26.3 Å². The summed E-state index contributed by atoms with van der Waals surface area (Å²) in [6.45, 7) is 2.42. The van der Waals surface area contributed by atoms with Crippen molar-refractivity contribution in [2.45, 2.75) is 12.8 Å². The number of morpholine rings is 1. The fourth-order valence-electron chi connectivity index (χ4n) is 4.30. The van der Waals surface area contributed by atoms with E-state index in [2.05, 4.69) is 30.3 Å². The second kappa shape index (κ2) is 9.33. The van der Waals surface area contributed by atoms with Crippen LogP contribution in [0.15, 0.2) is 84.9 Å². The first-order valence-electron chi connectivity index (χ1n) is 11.2. The number of carbonyl (C=O) groups excluding carboxylic acids is 1. The number of amides is 1. The van der Waals surface area contributed by atoms with E-state index in [-0.39, 0.29) is 5.91 Å². The highest BCUT2D eigenvalue weighted by molar-refractivity contribution is 6.07. The van der Waals surface area contributed by atoms with Crippen LogP contribution in [0.4, 0.5) is 0 Å². The highest BCUT2D eigenvalue weighted by atomic mass is 16.5. The third-order valence-electron chi connectivity index (χ3n) is 6.05. The maximum atomic E-state index is 13.5. The van der Waals surface area contributed by atoms with E-state index in [1.54, 1.807) is 0 Å². The molecule has 5 rings (SSSR count). The fourth-order valence-corrected chi connectivity index (χ4v) is 4.30. The summed E-state index contributed by atoms with van der Waals surface area (Å²) in [4.78, 5) is 20.5. The molecule has 0 aliphatic carbocycles. The van der Waals surface area contributed by atoms with Gasteiger partial charge in [-0.15, -0.1) is 0 Å². The van der Waals surface area contributed by atoms with Crippen molar-refractivity contribution in [1.82, 2.24) is 9.88 Å². The largest absolute Gasteiger partial charge is 0.378 e. The van der Waals surface area contributed by atoms with Gasteiger partial charge in [0.1, 0.15) is 0 Å². The Hall–Kier alpha value is -3.50. The van der Waals surface area contributed by atoms with Crippen LogP contribution >= 0.6 is 0 Å². The minimum absolute atomic E-state index is 0.0538. The summed E-state index contributed by atoms with van der Waals surface area (Å²) in [6.07, 6.45) is 1.81. The molecule has 4 heteroatoms. The Morgan fingerprint density at radius 2 is 1.56 bits per heavy atom. The van der Waals surface area contributed by atoms with E-state index in [9.17, 15) is 4.79 Å². The Balaban J connectivity index is 1.60. The molecule has 1 fully saturated rings. The van der Waals surface area contributed by atoms with Crippen LogP contribution in [0.3, 0.4) is 0 Å². The van der Waals surface area contributed by atoms with Gasteiger partial charge in [0.2, 0.25) is 0 Å². The molecule has 0 bridgehead atoms. The molecular weight excluding hydrogens is 396 g/mol. The van der Waals surface area contributed by atoms with Crippen molar-refractivity contribution in [1.29, 1.82) is 0 Å². The van der Waals surface area contributed by atoms with Crippen LogP contribution < -0.4 is 0 Å². The minimum atomic E-state index is 0.0538. The van der Waals surface area contributed by atoms with Crippen molar-refractivity contribution in [3.8, 4) is 11.3 Å². The normalized spacial score (nSPS) is 13.9. The minimum Gasteiger partial charge on any atom is -0.378 e. The first-order chi connectivity index (χ1) is 15.8. The molecule has 1 aliphatic rings. The third kappa shape index (κ3) is 4.27.